The topological polar surface area (TPSA) is 37.0 Å². The molecular formula is C11H19N3S. The number of nitrogens with zero attached hydrogens (tertiary/aromatic N) is 1. The van der Waals surface area contributed by atoms with Crippen LogP contribution in [0.15, 0.2) is 6.20 Å². The highest BCUT2D eigenvalue weighted by molar-refractivity contribution is 7.11. The van der Waals surface area contributed by atoms with Gasteiger partial charge in [-0.15, -0.1) is 11.3 Å². The minimum Gasteiger partial charge on any atom is -0.316 e. The zero-order valence-electron chi connectivity index (χ0n) is 9.42. The molecule has 1 saturated heterocycles. The molecule has 1 aliphatic heterocycles. The van der Waals surface area contributed by atoms with Crippen molar-refractivity contribution in [2.45, 2.75) is 26.3 Å². The molecule has 0 radical (unpaired) electrons. The minimum absolute atomic E-state index is 0.399. The van der Waals surface area contributed by atoms with E-state index in [0.29, 0.717) is 6.04 Å². The SMILES string of the molecule is CCc1cnc(C(C)NCC2CNC2)s1. The van der Waals surface area contributed by atoms with Crippen LogP contribution in [0.3, 0.4) is 0 Å². The van der Waals surface area contributed by atoms with E-state index < -0.39 is 0 Å². The van der Waals surface area contributed by atoms with Gasteiger partial charge in [-0.05, 0) is 19.3 Å². The summed E-state index contributed by atoms with van der Waals surface area (Å²) in [5.41, 5.74) is 0. The van der Waals surface area contributed by atoms with Crippen molar-refractivity contribution in [3.63, 3.8) is 0 Å². The smallest absolute Gasteiger partial charge is 0.109 e. The highest BCUT2D eigenvalue weighted by Gasteiger charge is 2.18. The standard InChI is InChI=1S/C11H19N3S/c1-3-10-7-14-11(15-10)8(2)13-6-9-4-12-5-9/h7-9,12-13H,3-6H2,1-2H3. The van der Waals surface area contributed by atoms with E-state index >= 15 is 0 Å². The average molecular weight is 225 g/mol. The van der Waals surface area contributed by atoms with Gasteiger partial charge in [0.1, 0.15) is 5.01 Å². The van der Waals surface area contributed by atoms with Crippen LogP contribution in [0, 0.1) is 5.92 Å². The molecule has 2 heterocycles. The lowest BCUT2D eigenvalue weighted by Crippen LogP contribution is -2.47. The van der Waals surface area contributed by atoms with E-state index in [4.69, 9.17) is 0 Å². The molecule has 0 aromatic carbocycles. The van der Waals surface area contributed by atoms with E-state index in [0.717, 1.165) is 32.0 Å². The Morgan fingerprint density at radius 1 is 1.67 bits per heavy atom. The number of nitrogens with one attached hydrogen (secondary N) is 2. The van der Waals surface area contributed by atoms with Gasteiger partial charge >= 0.3 is 0 Å². The fourth-order valence-electron chi connectivity index (χ4n) is 1.61. The third-order valence-electron chi connectivity index (χ3n) is 2.87. The zero-order valence-corrected chi connectivity index (χ0v) is 10.2. The first kappa shape index (κ1) is 11.0. The third-order valence-corrected chi connectivity index (χ3v) is 4.19. The fourth-order valence-corrected chi connectivity index (χ4v) is 2.49. The summed E-state index contributed by atoms with van der Waals surface area (Å²) >= 11 is 1.83. The fraction of sp³-hybridized carbons (Fsp3) is 0.727. The van der Waals surface area contributed by atoms with Gasteiger partial charge in [0.25, 0.3) is 0 Å². The van der Waals surface area contributed by atoms with Gasteiger partial charge in [0.05, 0.1) is 6.04 Å². The second-order valence-corrected chi connectivity index (χ2v) is 5.32. The molecule has 1 unspecified atom stereocenters. The van der Waals surface area contributed by atoms with E-state index in [1.807, 2.05) is 17.5 Å². The summed E-state index contributed by atoms with van der Waals surface area (Å²) in [6.07, 6.45) is 3.10. The molecule has 1 aliphatic rings. The van der Waals surface area contributed by atoms with Crippen LogP contribution in [0.4, 0.5) is 0 Å². The lowest BCUT2D eigenvalue weighted by Gasteiger charge is -2.28. The summed E-state index contributed by atoms with van der Waals surface area (Å²) in [6.45, 7) is 7.81. The van der Waals surface area contributed by atoms with Gasteiger partial charge in [0.15, 0.2) is 0 Å². The normalized spacial score (nSPS) is 18.8. The molecule has 2 rings (SSSR count). The van der Waals surface area contributed by atoms with Crippen molar-refractivity contribution in [1.29, 1.82) is 0 Å². The van der Waals surface area contributed by atoms with Gasteiger partial charge < -0.3 is 10.6 Å². The Morgan fingerprint density at radius 3 is 3.00 bits per heavy atom. The molecule has 2 N–H and O–H groups in total. The molecular weight excluding hydrogens is 206 g/mol. The highest BCUT2D eigenvalue weighted by atomic mass is 32.1. The van der Waals surface area contributed by atoms with Crippen LogP contribution >= 0.6 is 11.3 Å². The van der Waals surface area contributed by atoms with E-state index in [1.54, 1.807) is 0 Å². The van der Waals surface area contributed by atoms with E-state index in [-0.39, 0.29) is 0 Å². The lowest BCUT2D eigenvalue weighted by molar-refractivity contribution is 0.320. The number of hydrogen-bond acceptors (Lipinski definition) is 4. The summed E-state index contributed by atoms with van der Waals surface area (Å²) in [7, 11) is 0. The number of thiazole rings is 1. The predicted molar refractivity (Wildman–Crippen MR) is 64.3 cm³/mol. The number of aryl methyl sites for hydroxylation is 1. The summed E-state index contributed by atoms with van der Waals surface area (Å²) < 4.78 is 0. The first-order valence-corrected chi connectivity index (χ1v) is 6.50. The Labute approximate surface area is 95.3 Å². The zero-order chi connectivity index (χ0) is 10.7. The average Bonchev–Trinajstić information content (AvgIpc) is 2.63. The second-order valence-electron chi connectivity index (χ2n) is 4.17. The molecule has 0 aliphatic carbocycles. The number of hydrogen-bond donors (Lipinski definition) is 2. The molecule has 1 aromatic rings. The molecule has 4 heteroatoms. The maximum Gasteiger partial charge on any atom is 0.109 e. The Kier molecular flexibility index (Phi) is 3.72. The molecule has 0 bridgehead atoms. The maximum atomic E-state index is 4.45. The van der Waals surface area contributed by atoms with Gasteiger partial charge in [-0.2, -0.15) is 0 Å². The van der Waals surface area contributed by atoms with E-state index in [2.05, 4.69) is 29.5 Å². The maximum absolute atomic E-state index is 4.45. The Morgan fingerprint density at radius 2 is 2.47 bits per heavy atom. The first-order valence-electron chi connectivity index (χ1n) is 5.68. The first-order chi connectivity index (χ1) is 7.29. The van der Waals surface area contributed by atoms with Crippen LogP contribution in [-0.4, -0.2) is 24.6 Å². The molecule has 1 atom stereocenters. The van der Waals surface area contributed by atoms with Crippen LogP contribution in [0.2, 0.25) is 0 Å². The van der Waals surface area contributed by atoms with Crippen molar-refractivity contribution in [2.75, 3.05) is 19.6 Å². The second kappa shape index (κ2) is 5.05. The van der Waals surface area contributed by atoms with Crippen LogP contribution in [-0.2, 0) is 6.42 Å². The Hall–Kier alpha value is -0.450. The largest absolute Gasteiger partial charge is 0.316 e. The van der Waals surface area contributed by atoms with Gasteiger partial charge in [0.2, 0.25) is 0 Å². The summed E-state index contributed by atoms with van der Waals surface area (Å²) in [6, 6.07) is 0.399. The van der Waals surface area contributed by atoms with Crippen molar-refractivity contribution in [3.05, 3.63) is 16.1 Å². The summed E-state index contributed by atoms with van der Waals surface area (Å²) in [4.78, 5) is 5.83. The lowest BCUT2D eigenvalue weighted by atomic mass is 10.0. The predicted octanol–water partition coefficient (Wildman–Crippen LogP) is 1.58. The molecule has 0 saturated carbocycles. The van der Waals surface area contributed by atoms with E-state index in [1.165, 1.54) is 9.88 Å². The molecule has 84 valence electrons. The van der Waals surface area contributed by atoms with Crippen molar-refractivity contribution in [2.24, 2.45) is 5.92 Å². The summed E-state index contributed by atoms with van der Waals surface area (Å²) in [5, 5.41) is 8.05. The number of aromatic nitrogens is 1. The molecule has 1 fully saturated rings. The molecule has 3 nitrogen and oxygen atoms in total. The van der Waals surface area contributed by atoms with Gasteiger partial charge in [0, 0.05) is 30.7 Å². The molecule has 15 heavy (non-hydrogen) atoms. The van der Waals surface area contributed by atoms with Gasteiger partial charge in [-0.3, -0.25) is 0 Å². The molecule has 0 amide bonds. The molecule has 0 spiro atoms. The van der Waals surface area contributed by atoms with Crippen LogP contribution in [0.25, 0.3) is 0 Å². The Bertz CT molecular complexity index is 307. The van der Waals surface area contributed by atoms with Gasteiger partial charge in [-0.1, -0.05) is 6.92 Å². The van der Waals surface area contributed by atoms with Crippen LogP contribution in [0.1, 0.15) is 29.8 Å². The van der Waals surface area contributed by atoms with Crippen LogP contribution in [0.5, 0.6) is 0 Å². The monoisotopic (exact) mass is 225 g/mol. The Balaban J connectivity index is 1.80. The van der Waals surface area contributed by atoms with Gasteiger partial charge in [-0.25, -0.2) is 4.98 Å². The highest BCUT2D eigenvalue weighted by Crippen LogP contribution is 2.20. The number of rotatable bonds is 5. The third kappa shape index (κ3) is 2.77. The summed E-state index contributed by atoms with van der Waals surface area (Å²) in [5.74, 6) is 0.818. The van der Waals surface area contributed by atoms with Crippen molar-refractivity contribution in [3.8, 4) is 0 Å². The molecule has 1 aromatic heterocycles. The van der Waals surface area contributed by atoms with Crippen LogP contribution < -0.4 is 10.6 Å². The van der Waals surface area contributed by atoms with Crippen molar-refractivity contribution in [1.82, 2.24) is 15.6 Å². The quantitative estimate of drug-likeness (QED) is 0.799. The minimum atomic E-state index is 0.399. The van der Waals surface area contributed by atoms with Crippen molar-refractivity contribution >= 4 is 11.3 Å². The van der Waals surface area contributed by atoms with Crippen molar-refractivity contribution < 1.29 is 0 Å². The van der Waals surface area contributed by atoms with E-state index in [9.17, 15) is 0 Å².